The highest BCUT2D eigenvalue weighted by Gasteiger charge is 2.38. The fourth-order valence-electron chi connectivity index (χ4n) is 13.7. The highest BCUT2D eigenvalue weighted by molar-refractivity contribution is 8.01. The summed E-state index contributed by atoms with van der Waals surface area (Å²) in [5.41, 5.74) is 0. The second kappa shape index (κ2) is 61.4. The Labute approximate surface area is 644 Å². The lowest BCUT2D eigenvalue weighted by molar-refractivity contribution is -0.150. The number of hydrogen-bond acceptors (Lipinski definition) is 18. The van der Waals surface area contributed by atoms with Gasteiger partial charge in [-0.3, -0.25) is 9.59 Å². The number of carbonyl (C=O) groups is 2. The van der Waals surface area contributed by atoms with Crippen molar-refractivity contribution in [3.63, 3.8) is 0 Å². The number of nitrogens with zero attached hydrogens (tertiary/aromatic N) is 6. The van der Waals surface area contributed by atoms with Crippen LogP contribution in [-0.2, 0) is 19.1 Å². The molecule has 0 amide bonds. The molecule has 0 aromatic rings. The summed E-state index contributed by atoms with van der Waals surface area (Å²) in [5.74, 6) is 16.8. The Morgan fingerprint density at radius 2 is 0.622 bits per heavy atom. The normalized spacial score (nSPS) is 20.6. The van der Waals surface area contributed by atoms with Gasteiger partial charge in [-0.25, -0.2) is 0 Å². The van der Waals surface area contributed by atoms with Crippen LogP contribution in [0.2, 0.25) is 0 Å². The van der Waals surface area contributed by atoms with E-state index in [0.29, 0.717) is 69.7 Å². The van der Waals surface area contributed by atoms with Crippen LogP contribution in [-0.4, -0.2) is 267 Å². The van der Waals surface area contributed by atoms with Crippen molar-refractivity contribution < 1.29 is 19.1 Å². The fraction of sp³-hybridized carbons (Fsp3) is 0.975. The van der Waals surface area contributed by atoms with Gasteiger partial charge < -0.3 is 38.9 Å². The van der Waals surface area contributed by atoms with Crippen molar-refractivity contribution in [2.75, 3.05) is 195 Å². The second-order valence-electron chi connectivity index (χ2n) is 32.1. The van der Waals surface area contributed by atoms with Crippen molar-refractivity contribution >= 4 is 106 Å². The van der Waals surface area contributed by atoms with Crippen LogP contribution in [0.5, 0.6) is 0 Å². The minimum atomic E-state index is 0.0653. The van der Waals surface area contributed by atoms with Crippen molar-refractivity contribution in [1.29, 1.82) is 0 Å². The van der Waals surface area contributed by atoms with Gasteiger partial charge in [0.15, 0.2) is 0 Å². The maximum Gasteiger partial charge on any atom is 0.308 e. The summed E-state index contributed by atoms with van der Waals surface area (Å²) < 4.78 is 12.0. The molecule has 0 aromatic heterocycles. The summed E-state index contributed by atoms with van der Waals surface area (Å²) in [6.07, 6.45) is 34.3. The van der Waals surface area contributed by atoms with Crippen LogP contribution in [0.15, 0.2) is 0 Å². The maximum absolute atomic E-state index is 13.5. The van der Waals surface area contributed by atoms with E-state index < -0.39 is 0 Å². The first kappa shape index (κ1) is 95.6. The predicted octanol–water partition coefficient (Wildman–Crippen LogP) is 19.5. The summed E-state index contributed by atoms with van der Waals surface area (Å²) in [4.78, 5) is 41.0. The van der Waals surface area contributed by atoms with Crippen LogP contribution in [0.25, 0.3) is 0 Å². The van der Waals surface area contributed by atoms with Gasteiger partial charge in [0.25, 0.3) is 0 Å². The molecule has 10 nitrogen and oxygen atoms in total. The van der Waals surface area contributed by atoms with Gasteiger partial charge in [0, 0.05) is 105 Å². The highest BCUT2D eigenvalue weighted by atomic mass is 32.2. The van der Waals surface area contributed by atoms with Crippen LogP contribution < -0.4 is 0 Å². The zero-order valence-electron chi connectivity index (χ0n) is 67.2. The minimum Gasteiger partial charge on any atom is -0.465 e. The Balaban J connectivity index is 1.57. The van der Waals surface area contributed by atoms with Crippen LogP contribution in [0.3, 0.4) is 0 Å². The van der Waals surface area contributed by atoms with Gasteiger partial charge in [0.2, 0.25) is 0 Å². The van der Waals surface area contributed by atoms with Gasteiger partial charge in [0.05, 0.1) is 25.0 Å². The van der Waals surface area contributed by atoms with Crippen molar-refractivity contribution in [3.8, 4) is 0 Å². The SMILES string of the molecule is CC(C)C(CCC(C)C(CCC1CCC(C(=O)OCCCCCCSCCCCCCCCSCCCCCCOC(=O)C2CCC(CCC(SCCN(C)C)C(C)CCC(SCCN(C)C)C(C)C)C(SCCN(C)C)C2)CC1SCCN(C)C)SCCN(C)C)SCCN(C)C. The summed E-state index contributed by atoms with van der Waals surface area (Å²) in [6, 6.07) is 0. The average molecular weight is 1530 g/mol. The van der Waals surface area contributed by atoms with Gasteiger partial charge in [-0.2, -0.15) is 94.1 Å². The smallest absolute Gasteiger partial charge is 0.308 e. The minimum absolute atomic E-state index is 0.0653. The first-order chi connectivity index (χ1) is 47.0. The molecule has 12 unspecified atom stereocenters. The molecule has 0 aromatic carbocycles. The lowest BCUT2D eigenvalue weighted by atomic mass is 9.78. The molecule has 0 radical (unpaired) electrons. The van der Waals surface area contributed by atoms with Crippen LogP contribution in [0.4, 0.5) is 0 Å². The molecule has 2 aliphatic carbocycles. The van der Waals surface area contributed by atoms with Gasteiger partial charge >= 0.3 is 11.9 Å². The van der Waals surface area contributed by atoms with Crippen molar-refractivity contribution in [1.82, 2.24) is 29.4 Å². The van der Waals surface area contributed by atoms with Crippen molar-refractivity contribution in [2.24, 2.45) is 47.3 Å². The van der Waals surface area contributed by atoms with Gasteiger partial charge in [-0.15, -0.1) is 0 Å². The first-order valence-electron chi connectivity index (χ1n) is 40.0. The molecule has 0 saturated heterocycles. The van der Waals surface area contributed by atoms with Crippen LogP contribution in [0.1, 0.15) is 221 Å². The number of unbranched alkanes of at least 4 members (excludes halogenated alkanes) is 11. The number of esters is 2. The molecule has 0 spiro atoms. The molecule has 582 valence electrons. The molecular weight excluding hydrogens is 1370 g/mol. The molecule has 0 bridgehead atoms. The lowest BCUT2D eigenvalue weighted by Crippen LogP contribution is -2.34. The van der Waals surface area contributed by atoms with E-state index in [0.717, 1.165) is 113 Å². The van der Waals surface area contributed by atoms with Gasteiger partial charge in [0.1, 0.15) is 0 Å². The first-order valence-corrected chi connectivity index (χ1v) is 48.6. The van der Waals surface area contributed by atoms with E-state index in [1.165, 1.54) is 174 Å². The van der Waals surface area contributed by atoms with E-state index in [1.54, 1.807) is 0 Å². The Morgan fingerprint density at radius 1 is 0.337 bits per heavy atom. The van der Waals surface area contributed by atoms with Crippen LogP contribution >= 0.6 is 94.1 Å². The Hall–Kier alpha value is 1.50. The molecule has 12 atom stereocenters. The van der Waals surface area contributed by atoms with E-state index in [1.807, 2.05) is 0 Å². The summed E-state index contributed by atoms with van der Waals surface area (Å²) in [7, 11) is 26.3. The summed E-state index contributed by atoms with van der Waals surface area (Å²) in [6.45, 7) is 22.8. The quantitative estimate of drug-likeness (QED) is 0.0428. The van der Waals surface area contributed by atoms with E-state index in [9.17, 15) is 9.59 Å². The molecule has 2 saturated carbocycles. The van der Waals surface area contributed by atoms with E-state index in [-0.39, 0.29) is 23.8 Å². The van der Waals surface area contributed by atoms with E-state index in [4.69, 9.17) is 9.47 Å². The third-order valence-corrected chi connectivity index (χ3v) is 32.1. The number of hydrogen-bond donors (Lipinski definition) is 0. The van der Waals surface area contributed by atoms with Gasteiger partial charge in [-0.05, 0) is 272 Å². The van der Waals surface area contributed by atoms with E-state index >= 15 is 0 Å². The topological polar surface area (TPSA) is 72.0 Å². The molecule has 2 aliphatic rings. The zero-order valence-corrected chi connectivity index (χ0v) is 73.7. The molecule has 2 fully saturated rings. The monoisotopic (exact) mass is 1530 g/mol. The Morgan fingerprint density at radius 3 is 0.929 bits per heavy atom. The molecule has 0 heterocycles. The standard InChI is InChI=1S/C80H160N6O4S8/c1-65(2)73(93-57-45-81(7)8)41-33-67(5)75(95-59-47-83(11)12)43-39-69-35-37-71(63-77(69)97-61-49-85(15)16)79(87)89-51-27-21-25-31-55-91-53-29-23-19-20-24-30-54-92-56-32-26-22-28-52-90-80(88)72-38-36-70(78(64-72)98-62-50-86(17)18)40-44-76(96-60-48-84(13)14)68(6)34-42-74(66(3)4)94-58-46-82(9)10/h65-78H,19-64H2,1-18H3. The van der Waals surface area contributed by atoms with Crippen LogP contribution in [0, 0.1) is 47.3 Å². The third kappa shape index (κ3) is 50.2. The molecule has 18 heteroatoms. The average Bonchev–Trinajstić information content (AvgIpc) is 0.861. The molecule has 98 heavy (non-hydrogen) atoms. The number of thioether (sulfide) groups is 8. The number of rotatable bonds is 65. The lowest BCUT2D eigenvalue weighted by Gasteiger charge is -2.36. The fourth-order valence-corrected chi connectivity index (χ4v) is 25.1. The third-order valence-electron chi connectivity index (χ3n) is 20.6. The number of ether oxygens (including phenoxy) is 2. The maximum atomic E-state index is 13.5. The summed E-state index contributed by atoms with van der Waals surface area (Å²) in [5, 5.41) is 3.97. The Bertz CT molecular complexity index is 1730. The predicted molar refractivity (Wildman–Crippen MR) is 457 cm³/mol. The second-order valence-corrected chi connectivity index (χ2v) is 42.6. The van der Waals surface area contributed by atoms with Gasteiger partial charge in [-0.1, -0.05) is 92.9 Å². The summed E-state index contributed by atoms with van der Waals surface area (Å²) >= 11 is 17.4. The van der Waals surface area contributed by atoms with Crippen molar-refractivity contribution in [3.05, 3.63) is 0 Å². The zero-order chi connectivity index (χ0) is 72.3. The molecule has 2 rings (SSSR count). The van der Waals surface area contributed by atoms with Crippen molar-refractivity contribution in [2.45, 2.75) is 253 Å². The van der Waals surface area contributed by atoms with E-state index in [2.05, 4.69) is 250 Å². The molecule has 0 aliphatic heterocycles. The Kier molecular flexibility index (Phi) is 59.9. The number of carbonyl (C=O) groups excluding carboxylic acids is 2. The molecular formula is C80H160N6O4S8. The highest BCUT2D eigenvalue weighted by Crippen LogP contribution is 2.44. The molecule has 0 N–H and O–H groups in total. The largest absolute Gasteiger partial charge is 0.465 e.